The molecule has 0 radical (unpaired) electrons. The zero-order valence-electron chi connectivity index (χ0n) is 3.75. The number of hydrogen-bond acceptors (Lipinski definition) is 1. The van der Waals surface area contributed by atoms with E-state index >= 15 is 0 Å². The van der Waals surface area contributed by atoms with Crippen molar-refractivity contribution in [3.05, 3.63) is 0 Å². The molecular weight excluding hydrogens is 468 g/mol. The predicted octanol–water partition coefficient (Wildman–Crippen LogP) is 4.45. The molecule has 0 aromatic rings. The van der Waals surface area contributed by atoms with Gasteiger partial charge in [0.05, 0.1) is 0 Å². The zero-order valence-corrected chi connectivity index (χ0v) is 12.0. The fraction of sp³-hybridized carbons (Fsp3) is 1.00. The van der Waals surface area contributed by atoms with Crippen molar-refractivity contribution in [1.29, 1.82) is 0 Å². The summed E-state index contributed by atoms with van der Waals surface area (Å²) < 4.78 is 0. The molecule has 5 heteroatoms. The fourth-order valence-electron chi connectivity index (χ4n) is 0.0958. The van der Waals surface area contributed by atoms with E-state index in [0.717, 1.165) is 0 Å². The summed E-state index contributed by atoms with van der Waals surface area (Å²) in [4.78, 5) is 0. The summed E-state index contributed by atoms with van der Waals surface area (Å²) in [5.41, 5.74) is 0. The van der Waals surface area contributed by atoms with Crippen molar-refractivity contribution < 1.29 is 0 Å². The summed E-state index contributed by atoms with van der Waals surface area (Å²) in [5, 5.41) is 0. The third-order valence-electron chi connectivity index (χ3n) is 0.257. The van der Waals surface area contributed by atoms with Gasteiger partial charge in [0.25, 0.3) is 0 Å². The van der Waals surface area contributed by atoms with Crippen molar-refractivity contribution in [3.63, 3.8) is 0 Å². The fourth-order valence-corrected chi connectivity index (χ4v) is 20.0. The SMILES string of the molecule is CCPSI(I)I. The monoisotopic (exact) mass is 474 g/mol. The molecule has 1 atom stereocenters. The second-order valence-electron chi connectivity index (χ2n) is 0.746. The Morgan fingerprint density at radius 2 is 2.29 bits per heavy atom. The predicted molar refractivity (Wildman–Crippen MR) is 68.5 cm³/mol. The van der Waals surface area contributed by atoms with Crippen LogP contribution in [0.2, 0.25) is 0 Å². The first kappa shape index (κ1) is 9.97. The molecule has 0 saturated heterocycles. The standard InChI is InChI=1S/C2H6I3PS/c1-2-6-7-5(3)4/h6H,2H2,1H3. The second-order valence-corrected chi connectivity index (χ2v) is 39.1. The molecule has 0 aliphatic heterocycles. The van der Waals surface area contributed by atoms with E-state index in [0.29, 0.717) is 0 Å². The first-order chi connectivity index (χ1) is 3.27. The van der Waals surface area contributed by atoms with Gasteiger partial charge in [0.2, 0.25) is 0 Å². The molecule has 0 aromatic carbocycles. The van der Waals surface area contributed by atoms with Crippen LogP contribution in [0.15, 0.2) is 0 Å². The Bertz CT molecular complexity index is 41.9. The average molecular weight is 474 g/mol. The van der Waals surface area contributed by atoms with Crippen LogP contribution in [0.4, 0.5) is 0 Å². The van der Waals surface area contributed by atoms with Crippen molar-refractivity contribution in [2.45, 2.75) is 6.92 Å². The first-order valence-electron chi connectivity index (χ1n) is 1.70. The third kappa shape index (κ3) is 8.97. The van der Waals surface area contributed by atoms with Crippen LogP contribution in [0.25, 0.3) is 0 Å². The quantitative estimate of drug-likeness (QED) is 0.431. The maximum atomic E-state index is 2.58. The number of halogens is 3. The van der Waals surface area contributed by atoms with E-state index in [4.69, 9.17) is 0 Å². The Morgan fingerprint density at radius 3 is 2.43 bits per heavy atom. The van der Waals surface area contributed by atoms with E-state index in [-0.39, 0.29) is 0 Å². The van der Waals surface area contributed by atoms with E-state index in [1.54, 1.807) is 0 Å². The number of hydrogen-bond donors (Lipinski definition) is 0. The molecule has 0 rings (SSSR count). The molecule has 0 bridgehead atoms. The molecule has 0 aliphatic rings. The summed E-state index contributed by atoms with van der Waals surface area (Å²) >= 11 is 5.16. The van der Waals surface area contributed by atoms with Crippen molar-refractivity contribution in [2.24, 2.45) is 0 Å². The molecule has 1 unspecified atom stereocenters. The third-order valence-corrected chi connectivity index (χ3v) is 28.2. The van der Waals surface area contributed by atoms with E-state index in [1.165, 1.54) is 13.9 Å². The topological polar surface area (TPSA) is 0 Å². The van der Waals surface area contributed by atoms with Crippen LogP contribution in [0.3, 0.4) is 0 Å². The molecule has 7 heavy (non-hydrogen) atoms. The zero-order chi connectivity index (χ0) is 5.70. The minimum absolute atomic E-state index is 0.459. The van der Waals surface area contributed by atoms with Crippen LogP contribution in [0.1, 0.15) is 6.92 Å². The van der Waals surface area contributed by atoms with Gasteiger partial charge in [0, 0.05) is 0 Å². The molecule has 0 aromatic heterocycles. The molecule has 0 spiro atoms. The van der Waals surface area contributed by atoms with Gasteiger partial charge in [-0.1, -0.05) is 0 Å². The second kappa shape index (κ2) is 7.08. The molecule has 0 N–H and O–H groups in total. The van der Waals surface area contributed by atoms with Crippen molar-refractivity contribution >= 4 is 64.1 Å². The average Bonchev–Trinajstić information content (AvgIpc) is 1.61. The maximum absolute atomic E-state index is 2.58. The van der Waals surface area contributed by atoms with Gasteiger partial charge in [-0.25, -0.2) is 0 Å². The van der Waals surface area contributed by atoms with Gasteiger partial charge in [-0.05, 0) is 0 Å². The van der Waals surface area contributed by atoms with Crippen LogP contribution in [0, 0.1) is 0 Å². The molecule has 0 fully saturated rings. The molecule has 0 aliphatic carbocycles. The van der Waals surface area contributed by atoms with Gasteiger partial charge >= 0.3 is 77.1 Å². The van der Waals surface area contributed by atoms with Gasteiger partial charge < -0.3 is 0 Å². The summed E-state index contributed by atoms with van der Waals surface area (Å²) in [6, 6.07) is 0. The van der Waals surface area contributed by atoms with E-state index in [9.17, 15) is 0 Å². The molecule has 0 saturated carbocycles. The summed E-state index contributed by atoms with van der Waals surface area (Å²) in [6.07, 6.45) is 1.37. The van der Waals surface area contributed by atoms with Crippen LogP contribution in [-0.2, 0) is 0 Å². The summed E-state index contributed by atoms with van der Waals surface area (Å²) in [5.74, 6) is 0. The molecule has 0 heterocycles. The van der Waals surface area contributed by atoms with Crippen molar-refractivity contribution in [1.82, 2.24) is 0 Å². The van der Waals surface area contributed by atoms with E-state index in [2.05, 4.69) is 52.7 Å². The minimum atomic E-state index is -0.459. The normalized spacial score (nSPS) is 13.3. The summed E-state index contributed by atoms with van der Waals surface area (Å²) in [6.45, 7) is 2.25. The van der Waals surface area contributed by atoms with Crippen molar-refractivity contribution in [3.8, 4) is 0 Å². The molecular formula is C2H6I3PS. The number of rotatable bonds is 3. The van der Waals surface area contributed by atoms with Crippen LogP contribution in [-0.4, -0.2) is 6.16 Å². The van der Waals surface area contributed by atoms with Crippen LogP contribution >= 0.6 is 64.1 Å². The first-order valence-corrected chi connectivity index (χ1v) is 19.6. The summed E-state index contributed by atoms with van der Waals surface area (Å²) in [7, 11) is 2.90. The van der Waals surface area contributed by atoms with Crippen molar-refractivity contribution in [2.75, 3.05) is 6.16 Å². The molecule has 0 amide bonds. The van der Waals surface area contributed by atoms with Gasteiger partial charge in [0.15, 0.2) is 0 Å². The molecule has 46 valence electrons. The molecule has 0 nitrogen and oxygen atoms in total. The van der Waals surface area contributed by atoms with Gasteiger partial charge in [-0.3, -0.25) is 0 Å². The Balaban J connectivity index is 2.68. The van der Waals surface area contributed by atoms with Gasteiger partial charge in [0.1, 0.15) is 0 Å². The Hall–Kier alpha value is 2.97. The van der Waals surface area contributed by atoms with Crippen LogP contribution in [0.5, 0.6) is 0 Å². The Morgan fingerprint density at radius 1 is 1.71 bits per heavy atom. The van der Waals surface area contributed by atoms with E-state index < -0.39 is 10.5 Å². The Kier molecular flexibility index (Phi) is 10.1. The van der Waals surface area contributed by atoms with Crippen LogP contribution < -0.4 is 0 Å². The Labute approximate surface area is 75.4 Å². The van der Waals surface area contributed by atoms with Gasteiger partial charge in [-0.2, -0.15) is 0 Å². The van der Waals surface area contributed by atoms with E-state index in [1.807, 2.05) is 0 Å². The van der Waals surface area contributed by atoms with Gasteiger partial charge in [-0.15, -0.1) is 0 Å².